The molecular formula is C16H25ClN2O2. The molecule has 0 aliphatic heterocycles. The molecule has 21 heavy (non-hydrogen) atoms. The average molecular weight is 313 g/mol. The van der Waals surface area contributed by atoms with Gasteiger partial charge in [-0.05, 0) is 43.0 Å². The molecule has 1 rings (SSSR count). The maximum absolute atomic E-state index is 10.7. The van der Waals surface area contributed by atoms with E-state index in [1.807, 2.05) is 6.92 Å². The van der Waals surface area contributed by atoms with Crippen LogP contribution < -0.4 is 10.6 Å². The van der Waals surface area contributed by atoms with Crippen molar-refractivity contribution < 1.29 is 9.90 Å². The summed E-state index contributed by atoms with van der Waals surface area (Å²) in [6.45, 7) is 5.92. The Morgan fingerprint density at radius 1 is 1.43 bits per heavy atom. The molecule has 1 aromatic rings. The number of carbonyl (C=O) groups is 1. The van der Waals surface area contributed by atoms with E-state index in [0.29, 0.717) is 12.3 Å². The van der Waals surface area contributed by atoms with Crippen LogP contribution in [0, 0.1) is 6.92 Å². The molecule has 1 atom stereocenters. The lowest BCUT2D eigenvalue weighted by molar-refractivity contribution is -0.137. The minimum atomic E-state index is -0.856. The first kappa shape index (κ1) is 17.8. The monoisotopic (exact) mass is 312 g/mol. The fraction of sp³-hybridized carbons (Fsp3) is 0.562. The van der Waals surface area contributed by atoms with E-state index in [-0.39, 0.29) is 12.5 Å². The van der Waals surface area contributed by atoms with E-state index in [1.165, 1.54) is 0 Å². The number of hydrogen-bond donors (Lipinski definition) is 2. The average Bonchev–Trinajstić information content (AvgIpc) is 2.40. The van der Waals surface area contributed by atoms with Gasteiger partial charge in [-0.3, -0.25) is 4.79 Å². The molecule has 0 spiro atoms. The van der Waals surface area contributed by atoms with Gasteiger partial charge in [0.05, 0.1) is 6.42 Å². The number of nitrogens with two attached hydrogens (primary N) is 1. The van der Waals surface area contributed by atoms with Gasteiger partial charge in [0.15, 0.2) is 0 Å². The van der Waals surface area contributed by atoms with E-state index in [9.17, 15) is 4.79 Å². The quantitative estimate of drug-likeness (QED) is 0.688. The molecule has 5 heteroatoms. The maximum Gasteiger partial charge on any atom is 0.304 e. The van der Waals surface area contributed by atoms with E-state index >= 15 is 0 Å². The van der Waals surface area contributed by atoms with Crippen molar-refractivity contribution in [2.45, 2.75) is 39.2 Å². The van der Waals surface area contributed by atoms with Gasteiger partial charge >= 0.3 is 5.97 Å². The second kappa shape index (κ2) is 8.90. The standard InChI is InChI=1S/C16H25ClN2O2/c1-3-7-19(8-6-17)15-5-4-12(2)13(10-15)9-14(18)11-16(20)21/h4-5,10,14H,3,6-9,11,18H2,1-2H3,(H,20,21)/t14-/m1/s1. The molecule has 0 saturated heterocycles. The van der Waals surface area contributed by atoms with Crippen LogP contribution in [0.3, 0.4) is 0 Å². The fourth-order valence-electron chi connectivity index (χ4n) is 2.40. The van der Waals surface area contributed by atoms with Gasteiger partial charge in [0.2, 0.25) is 0 Å². The van der Waals surface area contributed by atoms with Crippen LogP contribution in [0.1, 0.15) is 30.9 Å². The Morgan fingerprint density at radius 2 is 2.14 bits per heavy atom. The Bertz CT molecular complexity index is 460. The molecule has 0 aliphatic rings. The highest BCUT2D eigenvalue weighted by Gasteiger charge is 2.12. The third-order valence-corrected chi connectivity index (χ3v) is 3.63. The van der Waals surface area contributed by atoms with E-state index in [1.54, 1.807) is 0 Å². The largest absolute Gasteiger partial charge is 0.481 e. The summed E-state index contributed by atoms with van der Waals surface area (Å²) < 4.78 is 0. The second-order valence-corrected chi connectivity index (χ2v) is 5.73. The Hall–Kier alpha value is -1.26. The normalized spacial score (nSPS) is 12.2. The summed E-state index contributed by atoms with van der Waals surface area (Å²) in [6, 6.07) is 5.90. The van der Waals surface area contributed by atoms with Crippen molar-refractivity contribution in [3.05, 3.63) is 29.3 Å². The first-order valence-corrected chi connectivity index (χ1v) is 7.89. The highest BCUT2D eigenvalue weighted by molar-refractivity contribution is 6.18. The minimum Gasteiger partial charge on any atom is -0.481 e. The first-order valence-electron chi connectivity index (χ1n) is 7.35. The number of carboxylic acid groups (broad SMARTS) is 1. The van der Waals surface area contributed by atoms with Crippen molar-refractivity contribution >= 4 is 23.3 Å². The van der Waals surface area contributed by atoms with E-state index in [2.05, 4.69) is 30.0 Å². The van der Waals surface area contributed by atoms with Gasteiger partial charge in [-0.1, -0.05) is 13.0 Å². The van der Waals surface area contributed by atoms with Gasteiger partial charge < -0.3 is 15.7 Å². The number of alkyl halides is 1. The van der Waals surface area contributed by atoms with Crippen LogP contribution in [-0.2, 0) is 11.2 Å². The van der Waals surface area contributed by atoms with Gasteiger partial charge in [0, 0.05) is 30.7 Å². The number of anilines is 1. The lowest BCUT2D eigenvalue weighted by atomic mass is 9.99. The number of halogens is 1. The summed E-state index contributed by atoms with van der Waals surface area (Å²) in [4.78, 5) is 13.0. The summed E-state index contributed by atoms with van der Waals surface area (Å²) in [5, 5.41) is 8.81. The number of hydrogen-bond acceptors (Lipinski definition) is 3. The summed E-state index contributed by atoms with van der Waals surface area (Å²) in [7, 11) is 0. The number of carboxylic acids is 1. The highest BCUT2D eigenvalue weighted by Crippen LogP contribution is 2.21. The fourth-order valence-corrected chi connectivity index (χ4v) is 2.60. The zero-order chi connectivity index (χ0) is 15.8. The van der Waals surface area contributed by atoms with Gasteiger partial charge in [0.25, 0.3) is 0 Å². The zero-order valence-electron chi connectivity index (χ0n) is 12.8. The van der Waals surface area contributed by atoms with Gasteiger partial charge in [-0.2, -0.15) is 0 Å². The second-order valence-electron chi connectivity index (χ2n) is 5.35. The summed E-state index contributed by atoms with van der Waals surface area (Å²) in [5.41, 5.74) is 9.28. The van der Waals surface area contributed by atoms with Crippen LogP contribution in [0.2, 0.25) is 0 Å². The van der Waals surface area contributed by atoms with Crippen molar-refractivity contribution in [1.82, 2.24) is 0 Å². The van der Waals surface area contributed by atoms with Crippen LogP contribution in [-0.4, -0.2) is 36.1 Å². The van der Waals surface area contributed by atoms with Crippen molar-refractivity contribution in [2.75, 3.05) is 23.9 Å². The van der Waals surface area contributed by atoms with Crippen LogP contribution in [0.25, 0.3) is 0 Å². The predicted octanol–water partition coefficient (Wildman–Crippen LogP) is 2.79. The van der Waals surface area contributed by atoms with Crippen LogP contribution in [0.15, 0.2) is 18.2 Å². The molecule has 0 fully saturated rings. The zero-order valence-corrected chi connectivity index (χ0v) is 13.6. The molecule has 3 N–H and O–H groups in total. The molecule has 4 nitrogen and oxygen atoms in total. The first-order chi connectivity index (χ1) is 9.97. The van der Waals surface area contributed by atoms with E-state index in [4.69, 9.17) is 22.4 Å². The molecule has 0 radical (unpaired) electrons. The lowest BCUT2D eigenvalue weighted by Gasteiger charge is -2.25. The number of aryl methyl sites for hydroxylation is 1. The molecule has 0 aromatic heterocycles. The number of aliphatic carboxylic acids is 1. The molecule has 0 unspecified atom stereocenters. The van der Waals surface area contributed by atoms with Crippen molar-refractivity contribution in [3.63, 3.8) is 0 Å². The molecule has 0 bridgehead atoms. The van der Waals surface area contributed by atoms with Crippen LogP contribution in [0.5, 0.6) is 0 Å². The van der Waals surface area contributed by atoms with E-state index in [0.717, 1.165) is 36.3 Å². The summed E-state index contributed by atoms with van der Waals surface area (Å²) in [6.07, 6.45) is 1.62. The van der Waals surface area contributed by atoms with Crippen LogP contribution >= 0.6 is 11.6 Å². The van der Waals surface area contributed by atoms with Crippen LogP contribution in [0.4, 0.5) is 5.69 Å². The minimum absolute atomic E-state index is 0.00990. The van der Waals surface area contributed by atoms with Crippen molar-refractivity contribution in [2.24, 2.45) is 5.73 Å². The lowest BCUT2D eigenvalue weighted by Crippen LogP contribution is -2.28. The Kier molecular flexibility index (Phi) is 7.54. The number of nitrogens with zero attached hydrogens (tertiary/aromatic N) is 1. The van der Waals surface area contributed by atoms with Gasteiger partial charge in [-0.15, -0.1) is 11.6 Å². The Labute approximate surface area is 131 Å². The molecular weight excluding hydrogens is 288 g/mol. The van der Waals surface area contributed by atoms with Crippen molar-refractivity contribution in [3.8, 4) is 0 Å². The third-order valence-electron chi connectivity index (χ3n) is 3.46. The molecule has 0 aliphatic carbocycles. The Morgan fingerprint density at radius 3 is 2.71 bits per heavy atom. The molecule has 0 saturated carbocycles. The highest BCUT2D eigenvalue weighted by atomic mass is 35.5. The molecule has 118 valence electrons. The smallest absolute Gasteiger partial charge is 0.304 e. The molecule has 0 amide bonds. The number of benzene rings is 1. The maximum atomic E-state index is 10.7. The third kappa shape index (κ3) is 5.94. The van der Waals surface area contributed by atoms with Crippen molar-refractivity contribution in [1.29, 1.82) is 0 Å². The topological polar surface area (TPSA) is 66.6 Å². The van der Waals surface area contributed by atoms with Gasteiger partial charge in [0.1, 0.15) is 0 Å². The summed E-state index contributed by atoms with van der Waals surface area (Å²) >= 11 is 5.87. The predicted molar refractivity (Wildman–Crippen MR) is 88.3 cm³/mol. The molecule has 0 heterocycles. The SMILES string of the molecule is CCCN(CCCl)c1ccc(C)c(C[C@@H](N)CC(=O)O)c1. The number of rotatable bonds is 9. The molecule has 1 aromatic carbocycles. The summed E-state index contributed by atoms with van der Waals surface area (Å²) in [5.74, 6) is -0.270. The van der Waals surface area contributed by atoms with Gasteiger partial charge in [-0.25, -0.2) is 0 Å². The Balaban J connectivity index is 2.89. The van der Waals surface area contributed by atoms with E-state index < -0.39 is 5.97 Å².